The Bertz CT molecular complexity index is 994. The molecule has 182 valence electrons. The van der Waals surface area contributed by atoms with Gasteiger partial charge in [-0.2, -0.15) is 0 Å². The quantitative estimate of drug-likeness (QED) is 0.514. The second-order valence-electron chi connectivity index (χ2n) is 8.98. The number of urea groups is 1. The Balaban J connectivity index is 1.42. The van der Waals surface area contributed by atoms with Gasteiger partial charge in [0.1, 0.15) is 4.88 Å². The van der Waals surface area contributed by atoms with Gasteiger partial charge in [-0.25, -0.2) is 14.6 Å². The highest BCUT2D eigenvalue weighted by molar-refractivity contribution is 7.17. The topological polar surface area (TPSA) is 101 Å². The number of hydrogen-bond donors (Lipinski definition) is 2. The van der Waals surface area contributed by atoms with Crippen molar-refractivity contribution >= 4 is 40.1 Å². The number of nitrogens with one attached hydrogen (secondary N) is 2. The van der Waals surface area contributed by atoms with E-state index in [1.54, 1.807) is 24.3 Å². The van der Waals surface area contributed by atoms with Crippen molar-refractivity contribution < 1.29 is 19.1 Å². The van der Waals surface area contributed by atoms with E-state index in [1.807, 2.05) is 0 Å². The minimum atomic E-state index is -0.473. The van der Waals surface area contributed by atoms with Crippen molar-refractivity contribution in [2.45, 2.75) is 76.3 Å². The summed E-state index contributed by atoms with van der Waals surface area (Å²) in [5, 5.41) is 6.14. The van der Waals surface area contributed by atoms with E-state index in [2.05, 4.69) is 20.5 Å². The average Bonchev–Trinajstić information content (AvgIpc) is 3.34. The monoisotopic (exact) mass is 484 g/mol. The molecule has 0 saturated heterocycles. The third-order valence-corrected chi connectivity index (χ3v) is 7.57. The molecule has 2 aromatic rings. The maximum atomic E-state index is 13.3. The lowest BCUT2D eigenvalue weighted by Crippen LogP contribution is -2.50. The minimum Gasteiger partial charge on any atom is -0.465 e. The van der Waals surface area contributed by atoms with Gasteiger partial charge in [0.15, 0.2) is 5.13 Å². The summed E-state index contributed by atoms with van der Waals surface area (Å²) < 4.78 is 4.72. The average molecular weight is 485 g/mol. The van der Waals surface area contributed by atoms with Gasteiger partial charge in [0.2, 0.25) is 0 Å². The number of amides is 3. The van der Waals surface area contributed by atoms with Crippen molar-refractivity contribution in [2.75, 3.05) is 17.7 Å². The van der Waals surface area contributed by atoms with E-state index < -0.39 is 5.97 Å². The fourth-order valence-electron chi connectivity index (χ4n) is 4.98. The predicted octanol–water partition coefficient (Wildman–Crippen LogP) is 5.68. The van der Waals surface area contributed by atoms with Crippen LogP contribution in [0, 0.1) is 0 Å². The molecule has 0 spiro atoms. The first-order chi connectivity index (χ1) is 16.5. The third-order valence-electron chi connectivity index (χ3n) is 6.66. The molecule has 0 unspecified atom stereocenters. The van der Waals surface area contributed by atoms with Crippen LogP contribution in [-0.4, -0.2) is 47.0 Å². The number of rotatable bonds is 6. The van der Waals surface area contributed by atoms with Crippen molar-refractivity contribution in [2.24, 2.45) is 0 Å². The number of nitrogens with zero attached hydrogens (tertiary/aromatic N) is 2. The van der Waals surface area contributed by atoms with Crippen LogP contribution in [0.1, 0.15) is 84.2 Å². The molecular formula is C25H32N4O4S. The molecule has 1 heterocycles. The minimum absolute atomic E-state index is 0.106. The SMILES string of the molecule is COC(=O)c1cccc(NC(=O)c2cnc(NC(=O)N(C3CCCCC3)C3CCCCC3)s2)c1. The highest BCUT2D eigenvalue weighted by Gasteiger charge is 2.33. The molecule has 0 aliphatic heterocycles. The summed E-state index contributed by atoms with van der Waals surface area (Å²) in [5.74, 6) is -0.823. The van der Waals surface area contributed by atoms with Gasteiger partial charge in [-0.15, -0.1) is 0 Å². The fourth-order valence-corrected chi connectivity index (χ4v) is 5.68. The molecular weight excluding hydrogens is 452 g/mol. The predicted molar refractivity (Wildman–Crippen MR) is 132 cm³/mol. The molecule has 0 radical (unpaired) electrons. The van der Waals surface area contributed by atoms with Gasteiger partial charge in [-0.05, 0) is 43.9 Å². The number of benzene rings is 1. The summed E-state index contributed by atoms with van der Waals surface area (Å²) in [6.45, 7) is 0. The zero-order valence-corrected chi connectivity index (χ0v) is 20.4. The number of methoxy groups -OCH3 is 1. The zero-order valence-electron chi connectivity index (χ0n) is 19.5. The number of carbonyl (C=O) groups is 3. The van der Waals surface area contributed by atoms with Crippen molar-refractivity contribution in [3.63, 3.8) is 0 Å². The zero-order chi connectivity index (χ0) is 23.9. The standard InChI is InChI=1S/C25H32N4O4S/c1-33-23(31)17-9-8-10-18(15-17)27-22(30)21-16-26-24(34-21)28-25(32)29(19-11-4-2-5-12-19)20-13-6-3-7-14-20/h8-10,15-16,19-20H,2-7,11-14H2,1H3,(H,27,30)(H,26,28,32). The number of anilines is 2. The molecule has 9 heteroatoms. The van der Waals surface area contributed by atoms with Crippen molar-refractivity contribution in [1.82, 2.24) is 9.88 Å². The molecule has 2 saturated carbocycles. The van der Waals surface area contributed by atoms with Crippen molar-refractivity contribution in [3.8, 4) is 0 Å². The number of ether oxygens (including phenoxy) is 1. The first-order valence-corrected chi connectivity index (χ1v) is 12.9. The summed E-state index contributed by atoms with van der Waals surface area (Å²) in [5.41, 5.74) is 0.829. The summed E-state index contributed by atoms with van der Waals surface area (Å²) in [6.07, 6.45) is 12.8. The lowest BCUT2D eigenvalue weighted by molar-refractivity contribution is 0.0600. The van der Waals surface area contributed by atoms with E-state index in [9.17, 15) is 14.4 Å². The van der Waals surface area contributed by atoms with Crippen molar-refractivity contribution in [3.05, 3.63) is 40.9 Å². The molecule has 1 aromatic carbocycles. The number of aromatic nitrogens is 1. The molecule has 34 heavy (non-hydrogen) atoms. The molecule has 8 nitrogen and oxygen atoms in total. The van der Waals surface area contributed by atoms with E-state index in [4.69, 9.17) is 4.74 Å². The van der Waals surface area contributed by atoms with Crippen LogP contribution in [0.3, 0.4) is 0 Å². The Labute approximate surface area is 204 Å². The summed E-state index contributed by atoms with van der Waals surface area (Å²) in [7, 11) is 1.31. The lowest BCUT2D eigenvalue weighted by Gasteiger charge is -2.41. The van der Waals surface area contributed by atoms with E-state index >= 15 is 0 Å². The molecule has 0 atom stereocenters. The Morgan fingerprint density at radius 2 is 1.62 bits per heavy atom. The number of esters is 1. The second-order valence-corrected chi connectivity index (χ2v) is 10.0. The first kappa shape index (κ1) is 24.2. The molecule has 1 aromatic heterocycles. The molecule has 4 rings (SSSR count). The van der Waals surface area contributed by atoms with Gasteiger partial charge in [-0.1, -0.05) is 55.9 Å². The second kappa shape index (κ2) is 11.5. The largest absolute Gasteiger partial charge is 0.465 e. The molecule has 3 amide bonds. The van der Waals surface area contributed by atoms with Crippen LogP contribution in [0.15, 0.2) is 30.5 Å². The fraction of sp³-hybridized carbons (Fsp3) is 0.520. The molecule has 2 aliphatic carbocycles. The van der Waals surface area contributed by atoms with Crippen LogP contribution < -0.4 is 10.6 Å². The number of carbonyl (C=O) groups excluding carboxylic acids is 3. The van der Waals surface area contributed by atoms with Gasteiger partial charge in [0.05, 0.1) is 18.9 Å². The molecule has 2 N–H and O–H groups in total. The molecule has 2 aliphatic rings. The van der Waals surface area contributed by atoms with Crippen LogP contribution in [0.4, 0.5) is 15.6 Å². The maximum absolute atomic E-state index is 13.3. The first-order valence-electron chi connectivity index (χ1n) is 12.1. The summed E-state index contributed by atoms with van der Waals surface area (Å²) >= 11 is 1.14. The van der Waals surface area contributed by atoms with Crippen LogP contribution in [0.5, 0.6) is 0 Å². The third kappa shape index (κ3) is 5.94. The summed E-state index contributed by atoms with van der Waals surface area (Å²) in [6, 6.07) is 6.99. The van der Waals surface area contributed by atoms with Crippen LogP contribution >= 0.6 is 11.3 Å². The normalized spacial score (nSPS) is 17.1. The highest BCUT2D eigenvalue weighted by Crippen LogP contribution is 2.31. The number of hydrogen-bond acceptors (Lipinski definition) is 6. The lowest BCUT2D eigenvalue weighted by atomic mass is 9.89. The van der Waals surface area contributed by atoms with Crippen LogP contribution in [0.25, 0.3) is 0 Å². The van der Waals surface area contributed by atoms with E-state index in [1.165, 1.54) is 51.8 Å². The van der Waals surface area contributed by atoms with Crippen molar-refractivity contribution in [1.29, 1.82) is 0 Å². The Hall–Kier alpha value is -2.94. The van der Waals surface area contributed by atoms with Gasteiger partial charge in [-0.3, -0.25) is 10.1 Å². The van der Waals surface area contributed by atoms with Gasteiger partial charge >= 0.3 is 12.0 Å². The van der Waals surface area contributed by atoms with Gasteiger partial charge in [0.25, 0.3) is 5.91 Å². The van der Waals surface area contributed by atoms with E-state index in [-0.39, 0.29) is 24.0 Å². The highest BCUT2D eigenvalue weighted by atomic mass is 32.1. The van der Waals surface area contributed by atoms with E-state index in [0.717, 1.165) is 37.0 Å². The Kier molecular flexibility index (Phi) is 8.16. The van der Waals surface area contributed by atoms with Crippen LogP contribution in [0.2, 0.25) is 0 Å². The summed E-state index contributed by atoms with van der Waals surface area (Å²) in [4.78, 5) is 44.5. The smallest absolute Gasteiger partial charge is 0.337 e. The molecule has 0 bridgehead atoms. The van der Waals surface area contributed by atoms with E-state index in [0.29, 0.717) is 21.3 Å². The Morgan fingerprint density at radius 1 is 0.971 bits per heavy atom. The molecule has 2 fully saturated rings. The number of thiazole rings is 1. The van der Waals surface area contributed by atoms with Gasteiger partial charge in [0, 0.05) is 17.8 Å². The van der Waals surface area contributed by atoms with Gasteiger partial charge < -0.3 is 15.0 Å². The Morgan fingerprint density at radius 3 is 2.24 bits per heavy atom. The van der Waals surface area contributed by atoms with Crippen LogP contribution in [-0.2, 0) is 4.74 Å². The maximum Gasteiger partial charge on any atom is 0.337 e.